The van der Waals surface area contributed by atoms with Crippen LogP contribution in [0.1, 0.15) is 82.6 Å². The van der Waals surface area contributed by atoms with Crippen LogP contribution < -0.4 is 5.32 Å². The molecule has 1 aromatic carbocycles. The Labute approximate surface area is 170 Å². The van der Waals surface area contributed by atoms with E-state index < -0.39 is 0 Å². The highest BCUT2D eigenvalue weighted by Crippen LogP contribution is 2.37. The van der Waals surface area contributed by atoms with Crippen molar-refractivity contribution in [3.8, 4) is 11.1 Å². The van der Waals surface area contributed by atoms with E-state index in [-0.39, 0.29) is 0 Å². The van der Waals surface area contributed by atoms with Gasteiger partial charge in [-0.1, -0.05) is 52.2 Å². The molecular formula is C24H37N3O. The van der Waals surface area contributed by atoms with Gasteiger partial charge >= 0.3 is 0 Å². The van der Waals surface area contributed by atoms with Gasteiger partial charge in [0.05, 0.1) is 11.7 Å². The van der Waals surface area contributed by atoms with E-state index in [2.05, 4.69) is 55.0 Å². The molecule has 1 aliphatic carbocycles. The van der Waals surface area contributed by atoms with Gasteiger partial charge in [0, 0.05) is 37.2 Å². The van der Waals surface area contributed by atoms with Gasteiger partial charge in [-0.25, -0.2) is 0 Å². The van der Waals surface area contributed by atoms with Crippen LogP contribution in [-0.2, 0) is 11.2 Å². The van der Waals surface area contributed by atoms with Gasteiger partial charge in [-0.15, -0.1) is 0 Å². The molecule has 3 rings (SSSR count). The number of nitrogens with zero attached hydrogens (tertiary/aromatic N) is 2. The van der Waals surface area contributed by atoms with Gasteiger partial charge in [-0.3, -0.25) is 4.68 Å². The van der Waals surface area contributed by atoms with Crippen LogP contribution >= 0.6 is 0 Å². The summed E-state index contributed by atoms with van der Waals surface area (Å²) in [5.74, 6) is 0.428. The molecule has 0 spiro atoms. The molecule has 0 aliphatic heterocycles. The summed E-state index contributed by atoms with van der Waals surface area (Å²) in [7, 11) is 1.75. The Morgan fingerprint density at radius 3 is 2.46 bits per heavy atom. The Hall–Kier alpha value is -1.81. The lowest BCUT2D eigenvalue weighted by atomic mass is 9.94. The van der Waals surface area contributed by atoms with Crippen molar-refractivity contribution in [2.75, 3.05) is 25.6 Å². The topological polar surface area (TPSA) is 39.1 Å². The molecule has 0 bridgehead atoms. The molecule has 1 N–H and O–H groups in total. The Morgan fingerprint density at radius 2 is 1.86 bits per heavy atom. The Morgan fingerprint density at radius 1 is 1.14 bits per heavy atom. The maximum atomic E-state index is 5.16. The van der Waals surface area contributed by atoms with Crippen molar-refractivity contribution < 1.29 is 4.74 Å². The summed E-state index contributed by atoms with van der Waals surface area (Å²) < 4.78 is 7.51. The lowest BCUT2D eigenvalue weighted by Gasteiger charge is -2.24. The molecule has 0 unspecified atom stereocenters. The van der Waals surface area contributed by atoms with Crippen LogP contribution in [0.4, 0.5) is 5.69 Å². The van der Waals surface area contributed by atoms with Gasteiger partial charge in [0.2, 0.25) is 0 Å². The van der Waals surface area contributed by atoms with Crippen LogP contribution in [0.3, 0.4) is 0 Å². The van der Waals surface area contributed by atoms with E-state index in [1.54, 1.807) is 7.11 Å². The lowest BCUT2D eigenvalue weighted by molar-refractivity contribution is 0.198. The summed E-state index contributed by atoms with van der Waals surface area (Å²) in [5.41, 5.74) is 6.50. The predicted octanol–water partition coefficient (Wildman–Crippen LogP) is 6.19. The molecule has 0 atom stereocenters. The number of anilines is 1. The van der Waals surface area contributed by atoms with Crippen molar-refractivity contribution in [2.24, 2.45) is 0 Å². The molecule has 1 aliphatic rings. The molecule has 1 heterocycles. The summed E-state index contributed by atoms with van der Waals surface area (Å²) >= 11 is 0. The number of nitrogens with one attached hydrogen (secondary N) is 1. The van der Waals surface area contributed by atoms with Crippen molar-refractivity contribution in [3.05, 3.63) is 35.7 Å². The minimum Gasteiger partial charge on any atom is -0.385 e. The first-order chi connectivity index (χ1) is 13.7. The maximum Gasteiger partial charge on any atom is 0.0731 e. The highest BCUT2D eigenvalue weighted by Gasteiger charge is 2.25. The van der Waals surface area contributed by atoms with Crippen molar-refractivity contribution in [1.82, 2.24) is 9.78 Å². The van der Waals surface area contributed by atoms with Gasteiger partial charge in [-0.05, 0) is 49.3 Å². The lowest BCUT2D eigenvalue weighted by Crippen LogP contribution is -2.16. The van der Waals surface area contributed by atoms with E-state index in [0.717, 1.165) is 26.0 Å². The molecule has 4 nitrogen and oxygen atoms in total. The number of benzene rings is 1. The van der Waals surface area contributed by atoms with Crippen LogP contribution in [0, 0.1) is 0 Å². The number of aromatic nitrogens is 2. The number of hydrogen-bond acceptors (Lipinski definition) is 3. The number of ether oxygens (including phenoxy) is 1. The average Bonchev–Trinajstić information content (AvgIpc) is 3.12. The van der Waals surface area contributed by atoms with Gasteiger partial charge < -0.3 is 10.1 Å². The van der Waals surface area contributed by atoms with Crippen molar-refractivity contribution in [1.29, 1.82) is 0 Å². The number of hydrogen-bond donors (Lipinski definition) is 1. The largest absolute Gasteiger partial charge is 0.385 e. The van der Waals surface area contributed by atoms with Crippen molar-refractivity contribution in [2.45, 2.75) is 77.7 Å². The van der Waals surface area contributed by atoms with Crippen LogP contribution in [0.5, 0.6) is 0 Å². The monoisotopic (exact) mass is 383 g/mol. The third-order valence-electron chi connectivity index (χ3n) is 5.87. The molecule has 0 amide bonds. The summed E-state index contributed by atoms with van der Waals surface area (Å²) in [6.45, 7) is 8.54. The van der Waals surface area contributed by atoms with E-state index in [9.17, 15) is 0 Å². The molecule has 0 saturated heterocycles. The smallest absolute Gasteiger partial charge is 0.0731 e. The first kappa shape index (κ1) is 20.9. The normalized spacial score (nSPS) is 15.3. The fourth-order valence-electron chi connectivity index (χ4n) is 4.38. The molecule has 0 radical (unpaired) electrons. The van der Waals surface area contributed by atoms with E-state index in [1.165, 1.54) is 60.3 Å². The maximum absolute atomic E-state index is 5.16. The molecule has 1 saturated carbocycles. The Balaban J connectivity index is 1.88. The zero-order valence-corrected chi connectivity index (χ0v) is 18.1. The fourth-order valence-corrected chi connectivity index (χ4v) is 4.38. The van der Waals surface area contributed by atoms with Crippen LogP contribution in [0.15, 0.2) is 24.3 Å². The quantitative estimate of drug-likeness (QED) is 0.525. The first-order valence-corrected chi connectivity index (χ1v) is 11.1. The minimum absolute atomic E-state index is 0.428. The predicted molar refractivity (Wildman–Crippen MR) is 118 cm³/mol. The van der Waals surface area contributed by atoms with E-state index in [1.807, 2.05) is 0 Å². The van der Waals surface area contributed by atoms with Gasteiger partial charge in [0.1, 0.15) is 0 Å². The van der Waals surface area contributed by atoms with Crippen LogP contribution in [0.25, 0.3) is 11.1 Å². The molecule has 154 valence electrons. The standard InChI is InChI=1S/C24H37N3O/c1-5-22-23(19-12-14-20(15-13-19)25-16-9-17-28-4)24(18(2)3)26-27(22)21-10-7-6-8-11-21/h12-15,18,21,25H,5-11,16-17H2,1-4H3. The number of rotatable bonds is 9. The average molecular weight is 384 g/mol. The molecule has 2 aromatic rings. The van der Waals surface area contributed by atoms with E-state index in [4.69, 9.17) is 9.84 Å². The first-order valence-electron chi connectivity index (χ1n) is 11.1. The van der Waals surface area contributed by atoms with Gasteiger partial charge in [0.15, 0.2) is 0 Å². The molecule has 1 fully saturated rings. The SMILES string of the molecule is CCc1c(-c2ccc(NCCCOC)cc2)c(C(C)C)nn1C1CCCCC1. The Kier molecular flexibility index (Phi) is 7.55. The highest BCUT2D eigenvalue weighted by molar-refractivity contribution is 5.71. The molecule has 1 aromatic heterocycles. The molecule has 4 heteroatoms. The second kappa shape index (κ2) is 10.1. The minimum atomic E-state index is 0.428. The fraction of sp³-hybridized carbons (Fsp3) is 0.625. The summed E-state index contributed by atoms with van der Waals surface area (Å²) in [5, 5.41) is 8.64. The van der Waals surface area contributed by atoms with E-state index >= 15 is 0 Å². The van der Waals surface area contributed by atoms with Crippen molar-refractivity contribution in [3.63, 3.8) is 0 Å². The van der Waals surface area contributed by atoms with Gasteiger partial charge in [0.25, 0.3) is 0 Å². The summed E-state index contributed by atoms with van der Waals surface area (Å²) in [6.07, 6.45) is 8.65. The Bertz CT molecular complexity index is 727. The zero-order valence-electron chi connectivity index (χ0n) is 18.1. The van der Waals surface area contributed by atoms with Gasteiger partial charge in [-0.2, -0.15) is 5.10 Å². The third-order valence-corrected chi connectivity index (χ3v) is 5.87. The summed E-state index contributed by atoms with van der Waals surface area (Å²) in [4.78, 5) is 0. The van der Waals surface area contributed by atoms with Crippen LogP contribution in [-0.4, -0.2) is 30.0 Å². The molecular weight excluding hydrogens is 346 g/mol. The second-order valence-corrected chi connectivity index (χ2v) is 8.30. The van der Waals surface area contributed by atoms with Crippen molar-refractivity contribution >= 4 is 5.69 Å². The van der Waals surface area contributed by atoms with Crippen LogP contribution in [0.2, 0.25) is 0 Å². The number of methoxy groups -OCH3 is 1. The second-order valence-electron chi connectivity index (χ2n) is 8.30. The highest BCUT2D eigenvalue weighted by atomic mass is 16.5. The third kappa shape index (κ3) is 4.78. The molecule has 28 heavy (non-hydrogen) atoms. The van der Waals surface area contributed by atoms with E-state index in [0.29, 0.717) is 12.0 Å². The zero-order chi connectivity index (χ0) is 19.9. The summed E-state index contributed by atoms with van der Waals surface area (Å²) in [6, 6.07) is 9.49.